The molecule has 0 fully saturated rings. The molecule has 1 rings (SSSR count). The van der Waals surface area contributed by atoms with Gasteiger partial charge in [0.2, 0.25) is 0 Å². The van der Waals surface area contributed by atoms with Gasteiger partial charge in [0.25, 0.3) is 0 Å². The minimum atomic E-state index is 0.438. The predicted octanol–water partition coefficient (Wildman–Crippen LogP) is 1.58. The van der Waals surface area contributed by atoms with Crippen LogP contribution in [0.25, 0.3) is 0 Å². The summed E-state index contributed by atoms with van der Waals surface area (Å²) < 4.78 is 0. The van der Waals surface area contributed by atoms with Crippen molar-refractivity contribution >= 4 is 5.69 Å². The van der Waals surface area contributed by atoms with E-state index in [1.807, 2.05) is 30.2 Å². The molecule has 0 bridgehead atoms. The van der Waals surface area contributed by atoms with Crippen LogP contribution in [-0.4, -0.2) is 18.6 Å². The predicted molar refractivity (Wildman–Crippen MR) is 52.4 cm³/mol. The summed E-state index contributed by atoms with van der Waals surface area (Å²) in [6, 6.07) is 5.62. The van der Waals surface area contributed by atoms with Crippen LogP contribution in [0.1, 0.15) is 5.69 Å². The highest BCUT2D eigenvalue weighted by molar-refractivity contribution is 5.48. The normalized spacial score (nSPS) is 8.92. The van der Waals surface area contributed by atoms with E-state index in [1.165, 1.54) is 0 Å². The Balaban J connectivity index is 2.89. The Kier molecular flexibility index (Phi) is 3.04. The SMILES string of the molecule is C=CCN(C)c1ccnc(C#N)c1. The number of aromatic nitrogens is 1. The highest BCUT2D eigenvalue weighted by atomic mass is 15.1. The molecule has 0 N–H and O–H groups in total. The minimum Gasteiger partial charge on any atom is -0.371 e. The molecule has 0 unspecified atom stereocenters. The molecule has 0 radical (unpaired) electrons. The van der Waals surface area contributed by atoms with Gasteiger partial charge in [-0.05, 0) is 12.1 Å². The molecule has 13 heavy (non-hydrogen) atoms. The van der Waals surface area contributed by atoms with Crippen molar-refractivity contribution in [2.75, 3.05) is 18.5 Å². The Morgan fingerprint density at radius 2 is 2.54 bits per heavy atom. The molecule has 3 heteroatoms. The molecule has 0 atom stereocenters. The lowest BCUT2D eigenvalue weighted by molar-refractivity contribution is 1.02. The van der Waals surface area contributed by atoms with Crippen molar-refractivity contribution in [2.45, 2.75) is 0 Å². The van der Waals surface area contributed by atoms with Gasteiger partial charge in [-0.15, -0.1) is 6.58 Å². The van der Waals surface area contributed by atoms with E-state index in [1.54, 1.807) is 12.3 Å². The van der Waals surface area contributed by atoms with Crippen LogP contribution in [0.5, 0.6) is 0 Å². The Labute approximate surface area is 77.9 Å². The van der Waals surface area contributed by atoms with Gasteiger partial charge in [0.1, 0.15) is 11.8 Å². The van der Waals surface area contributed by atoms with Crippen LogP contribution in [0, 0.1) is 11.3 Å². The van der Waals surface area contributed by atoms with Gasteiger partial charge in [-0.3, -0.25) is 0 Å². The van der Waals surface area contributed by atoms with Crippen LogP contribution in [0.4, 0.5) is 5.69 Å². The maximum absolute atomic E-state index is 8.62. The highest BCUT2D eigenvalue weighted by Gasteiger charge is 1.99. The van der Waals surface area contributed by atoms with E-state index in [0.29, 0.717) is 5.69 Å². The molecule has 0 saturated carbocycles. The monoisotopic (exact) mass is 173 g/mol. The zero-order valence-electron chi connectivity index (χ0n) is 7.57. The van der Waals surface area contributed by atoms with Gasteiger partial charge in [-0.25, -0.2) is 4.98 Å². The van der Waals surface area contributed by atoms with Crippen molar-refractivity contribution in [3.8, 4) is 6.07 Å². The third-order valence-electron chi connectivity index (χ3n) is 1.70. The largest absolute Gasteiger partial charge is 0.371 e. The van der Waals surface area contributed by atoms with Gasteiger partial charge in [0.05, 0.1) is 0 Å². The van der Waals surface area contributed by atoms with Crippen molar-refractivity contribution in [1.29, 1.82) is 5.26 Å². The summed E-state index contributed by atoms with van der Waals surface area (Å²) in [5.74, 6) is 0. The van der Waals surface area contributed by atoms with Gasteiger partial charge < -0.3 is 4.90 Å². The summed E-state index contributed by atoms with van der Waals surface area (Å²) in [4.78, 5) is 5.88. The summed E-state index contributed by atoms with van der Waals surface area (Å²) in [6.07, 6.45) is 3.44. The molecule has 3 nitrogen and oxygen atoms in total. The molecule has 0 aliphatic rings. The number of hydrogen-bond donors (Lipinski definition) is 0. The van der Waals surface area contributed by atoms with E-state index in [2.05, 4.69) is 11.6 Å². The van der Waals surface area contributed by atoms with Crippen molar-refractivity contribution in [3.05, 3.63) is 36.7 Å². The third-order valence-corrected chi connectivity index (χ3v) is 1.70. The molecule has 0 aliphatic carbocycles. The average molecular weight is 173 g/mol. The van der Waals surface area contributed by atoms with Crippen LogP contribution in [0.2, 0.25) is 0 Å². The van der Waals surface area contributed by atoms with E-state index in [4.69, 9.17) is 5.26 Å². The van der Waals surface area contributed by atoms with E-state index >= 15 is 0 Å². The van der Waals surface area contributed by atoms with Gasteiger partial charge in [-0.1, -0.05) is 6.08 Å². The fraction of sp³-hybridized carbons (Fsp3) is 0.200. The van der Waals surface area contributed by atoms with Gasteiger partial charge in [0.15, 0.2) is 0 Å². The van der Waals surface area contributed by atoms with E-state index < -0.39 is 0 Å². The molecule has 1 aromatic heterocycles. The molecule has 0 amide bonds. The number of nitriles is 1. The Hall–Kier alpha value is -1.82. The number of rotatable bonds is 3. The lowest BCUT2D eigenvalue weighted by Gasteiger charge is -2.16. The number of anilines is 1. The number of nitrogens with zero attached hydrogens (tertiary/aromatic N) is 3. The summed E-state index contributed by atoms with van der Waals surface area (Å²) in [7, 11) is 1.94. The van der Waals surface area contributed by atoms with Crippen LogP contribution in [0.3, 0.4) is 0 Å². The molecule has 1 heterocycles. The first-order valence-corrected chi connectivity index (χ1v) is 3.96. The van der Waals surface area contributed by atoms with Crippen LogP contribution in [0.15, 0.2) is 31.0 Å². The topological polar surface area (TPSA) is 39.9 Å². The molecule has 0 aliphatic heterocycles. The summed E-state index contributed by atoms with van der Waals surface area (Å²) in [5.41, 5.74) is 1.42. The Morgan fingerprint density at radius 3 is 3.15 bits per heavy atom. The van der Waals surface area contributed by atoms with Crippen LogP contribution < -0.4 is 4.90 Å². The molecular formula is C10H11N3. The highest BCUT2D eigenvalue weighted by Crippen LogP contribution is 2.11. The lowest BCUT2D eigenvalue weighted by atomic mass is 10.3. The quantitative estimate of drug-likeness (QED) is 0.651. The van der Waals surface area contributed by atoms with Crippen LogP contribution >= 0.6 is 0 Å². The van der Waals surface area contributed by atoms with Gasteiger partial charge in [-0.2, -0.15) is 5.26 Å². The molecular weight excluding hydrogens is 162 g/mol. The molecule has 66 valence electrons. The van der Waals surface area contributed by atoms with Gasteiger partial charge >= 0.3 is 0 Å². The lowest BCUT2D eigenvalue weighted by Crippen LogP contribution is -2.16. The molecule has 0 aromatic carbocycles. The Bertz CT molecular complexity index is 338. The van der Waals surface area contributed by atoms with E-state index in [9.17, 15) is 0 Å². The first kappa shape index (κ1) is 9.27. The fourth-order valence-electron chi connectivity index (χ4n) is 1.02. The third kappa shape index (κ3) is 2.31. The second-order valence-electron chi connectivity index (χ2n) is 2.68. The average Bonchev–Trinajstić information content (AvgIpc) is 2.18. The van der Waals surface area contributed by atoms with E-state index in [0.717, 1.165) is 12.2 Å². The standard InChI is InChI=1S/C10H11N3/c1-3-6-13(2)10-4-5-12-9(7-10)8-11/h3-5,7H,1,6H2,2H3. The van der Waals surface area contributed by atoms with Crippen molar-refractivity contribution in [2.24, 2.45) is 0 Å². The number of hydrogen-bond acceptors (Lipinski definition) is 3. The fourth-order valence-corrected chi connectivity index (χ4v) is 1.02. The van der Waals surface area contributed by atoms with Crippen molar-refractivity contribution < 1.29 is 0 Å². The summed E-state index contributed by atoms with van der Waals surface area (Å²) in [5, 5.41) is 8.62. The Morgan fingerprint density at radius 1 is 1.77 bits per heavy atom. The molecule has 0 saturated heterocycles. The van der Waals surface area contributed by atoms with Crippen molar-refractivity contribution in [3.63, 3.8) is 0 Å². The van der Waals surface area contributed by atoms with Crippen molar-refractivity contribution in [1.82, 2.24) is 4.98 Å². The minimum absolute atomic E-state index is 0.438. The number of pyridine rings is 1. The summed E-state index contributed by atoms with van der Waals surface area (Å²) in [6.45, 7) is 4.41. The van der Waals surface area contributed by atoms with Crippen LogP contribution in [-0.2, 0) is 0 Å². The first-order chi connectivity index (χ1) is 6.27. The smallest absolute Gasteiger partial charge is 0.142 e. The molecule has 0 spiro atoms. The second-order valence-corrected chi connectivity index (χ2v) is 2.68. The van der Waals surface area contributed by atoms with Gasteiger partial charge in [0, 0.05) is 25.5 Å². The number of likely N-dealkylation sites (N-methyl/N-ethyl adjacent to an activating group) is 1. The second kappa shape index (κ2) is 4.27. The summed E-state index contributed by atoms with van der Waals surface area (Å²) >= 11 is 0. The molecule has 1 aromatic rings. The maximum atomic E-state index is 8.62. The maximum Gasteiger partial charge on any atom is 0.142 e. The zero-order chi connectivity index (χ0) is 9.68. The first-order valence-electron chi connectivity index (χ1n) is 3.96. The van der Waals surface area contributed by atoms with E-state index in [-0.39, 0.29) is 0 Å². The zero-order valence-corrected chi connectivity index (χ0v) is 7.57.